The fourth-order valence-corrected chi connectivity index (χ4v) is 5.46. The molecule has 1 heterocycles. The van der Waals surface area contributed by atoms with Gasteiger partial charge >= 0.3 is 0 Å². The van der Waals surface area contributed by atoms with Gasteiger partial charge in [0.15, 0.2) is 0 Å². The number of benzene rings is 4. The Morgan fingerprint density at radius 2 is 1.40 bits per heavy atom. The topological polar surface area (TPSA) is 52.5 Å². The van der Waals surface area contributed by atoms with Crippen molar-refractivity contribution in [3.05, 3.63) is 114 Å². The van der Waals surface area contributed by atoms with Crippen LogP contribution in [-0.2, 0) is 5.41 Å². The van der Waals surface area contributed by atoms with Crippen molar-refractivity contribution >= 4 is 21.8 Å². The van der Waals surface area contributed by atoms with Gasteiger partial charge in [0.25, 0.3) is 0 Å². The predicted molar refractivity (Wildman–Crippen MR) is 144 cm³/mol. The molecular formula is C32H25N3. The maximum Gasteiger partial charge on any atom is 0.101 e. The molecule has 0 N–H and O–H groups in total. The number of nitrogens with zero attached hydrogens (tertiary/aromatic N) is 3. The number of aromatic nitrogens is 1. The first kappa shape index (κ1) is 22.2. The maximum absolute atomic E-state index is 9.86. The molecule has 0 saturated heterocycles. The third-order valence-corrected chi connectivity index (χ3v) is 6.88. The summed E-state index contributed by atoms with van der Waals surface area (Å²) in [6, 6.07) is 31.2. The summed E-state index contributed by atoms with van der Waals surface area (Å²) in [7, 11) is 0. The van der Waals surface area contributed by atoms with Gasteiger partial charge in [-0.1, -0.05) is 74.5 Å². The van der Waals surface area contributed by atoms with E-state index in [0.717, 1.165) is 16.4 Å². The number of fused-ring (bicyclic) bond motifs is 7. The van der Waals surface area contributed by atoms with Crippen molar-refractivity contribution in [2.75, 3.05) is 0 Å². The SMILES string of the molecule is C=CC.CC1(C)c2ccccc2-c2c1ccc1c2c2ccccc2n1-c1c(C#N)cccc1C#N. The highest BCUT2D eigenvalue weighted by Gasteiger charge is 2.37. The van der Waals surface area contributed by atoms with Crippen molar-refractivity contribution in [2.24, 2.45) is 0 Å². The van der Waals surface area contributed by atoms with Crippen LogP contribution in [0.5, 0.6) is 0 Å². The van der Waals surface area contributed by atoms with Gasteiger partial charge in [0, 0.05) is 16.2 Å². The molecule has 0 radical (unpaired) electrons. The van der Waals surface area contributed by atoms with Crippen LogP contribution in [0.1, 0.15) is 43.0 Å². The van der Waals surface area contributed by atoms with Gasteiger partial charge in [-0.15, -0.1) is 6.58 Å². The molecule has 0 bridgehead atoms. The molecule has 1 aliphatic carbocycles. The van der Waals surface area contributed by atoms with E-state index >= 15 is 0 Å². The molecule has 3 nitrogen and oxygen atoms in total. The Bertz CT molecular complexity index is 1690. The van der Waals surface area contributed by atoms with Crippen molar-refractivity contribution in [2.45, 2.75) is 26.2 Å². The number of rotatable bonds is 1. The van der Waals surface area contributed by atoms with E-state index in [1.54, 1.807) is 24.3 Å². The minimum absolute atomic E-state index is 0.0916. The number of allylic oxidation sites excluding steroid dienone is 1. The third-order valence-electron chi connectivity index (χ3n) is 6.88. The van der Waals surface area contributed by atoms with Gasteiger partial charge in [-0.25, -0.2) is 0 Å². The van der Waals surface area contributed by atoms with Crippen LogP contribution < -0.4 is 0 Å². The van der Waals surface area contributed by atoms with Gasteiger partial charge in [0.05, 0.1) is 27.8 Å². The van der Waals surface area contributed by atoms with Gasteiger partial charge in [-0.05, 0) is 53.4 Å². The van der Waals surface area contributed by atoms with Crippen LogP contribution in [-0.4, -0.2) is 4.57 Å². The lowest BCUT2D eigenvalue weighted by Crippen LogP contribution is -2.14. The summed E-state index contributed by atoms with van der Waals surface area (Å²) in [5.41, 5.74) is 8.70. The maximum atomic E-state index is 9.86. The predicted octanol–water partition coefficient (Wildman–Crippen LogP) is 8.03. The summed E-state index contributed by atoms with van der Waals surface area (Å²) in [4.78, 5) is 0. The van der Waals surface area contributed by atoms with Gasteiger partial charge < -0.3 is 4.57 Å². The Kier molecular flexibility index (Phi) is 5.28. The van der Waals surface area contributed by atoms with Crippen LogP contribution >= 0.6 is 0 Å². The first-order chi connectivity index (χ1) is 17.0. The molecule has 35 heavy (non-hydrogen) atoms. The summed E-state index contributed by atoms with van der Waals surface area (Å²) < 4.78 is 2.09. The second kappa shape index (κ2) is 8.32. The van der Waals surface area contributed by atoms with E-state index in [1.807, 2.05) is 13.0 Å². The van der Waals surface area contributed by atoms with Gasteiger partial charge in [0.1, 0.15) is 12.1 Å². The Hall–Kier alpha value is -4.60. The summed E-state index contributed by atoms with van der Waals surface area (Å²) in [6.45, 7) is 9.81. The molecule has 0 fully saturated rings. The second-order valence-corrected chi connectivity index (χ2v) is 9.24. The average Bonchev–Trinajstić information content (AvgIpc) is 3.33. The number of hydrogen-bond acceptors (Lipinski definition) is 2. The molecule has 1 aliphatic rings. The minimum atomic E-state index is -0.0916. The molecule has 4 aromatic carbocycles. The summed E-state index contributed by atoms with van der Waals surface area (Å²) in [5, 5.41) is 22.0. The minimum Gasteiger partial charge on any atom is -0.307 e. The number of para-hydroxylation sites is 2. The monoisotopic (exact) mass is 451 g/mol. The summed E-state index contributed by atoms with van der Waals surface area (Å²) in [5.74, 6) is 0. The fourth-order valence-electron chi connectivity index (χ4n) is 5.46. The van der Waals surface area contributed by atoms with Crippen molar-refractivity contribution in [1.29, 1.82) is 10.5 Å². The van der Waals surface area contributed by atoms with Crippen LogP contribution in [0.2, 0.25) is 0 Å². The van der Waals surface area contributed by atoms with E-state index in [-0.39, 0.29) is 5.41 Å². The molecule has 6 rings (SSSR count). The fraction of sp³-hybridized carbons (Fsp3) is 0.125. The average molecular weight is 452 g/mol. The lowest BCUT2D eigenvalue weighted by molar-refractivity contribution is 0.661. The molecule has 0 atom stereocenters. The molecule has 1 aromatic heterocycles. The highest BCUT2D eigenvalue weighted by molar-refractivity contribution is 6.18. The van der Waals surface area contributed by atoms with Gasteiger partial charge in [-0.3, -0.25) is 0 Å². The standard InChI is InChI=1S/C29H19N3.C3H6/c1-29(2)22-12-5-3-10-20(22)26-23(29)14-15-25-27(26)21-11-4-6-13-24(21)32(25)28-18(16-30)8-7-9-19(28)17-31;1-3-2/h3-15H,1-2H3;3H,1H2,2H3. The number of nitriles is 2. The quantitative estimate of drug-likeness (QED) is 0.242. The molecule has 0 saturated carbocycles. The molecule has 5 aromatic rings. The second-order valence-electron chi connectivity index (χ2n) is 9.24. The molecule has 0 spiro atoms. The summed E-state index contributed by atoms with van der Waals surface area (Å²) >= 11 is 0. The van der Waals surface area contributed by atoms with E-state index < -0.39 is 0 Å². The highest BCUT2D eigenvalue weighted by atomic mass is 15.0. The zero-order valence-electron chi connectivity index (χ0n) is 20.1. The lowest BCUT2D eigenvalue weighted by Gasteiger charge is -2.21. The van der Waals surface area contributed by atoms with Crippen LogP contribution in [0.3, 0.4) is 0 Å². The van der Waals surface area contributed by atoms with E-state index in [1.165, 1.54) is 27.6 Å². The van der Waals surface area contributed by atoms with Crippen molar-refractivity contribution in [3.8, 4) is 29.0 Å². The largest absolute Gasteiger partial charge is 0.307 e. The van der Waals surface area contributed by atoms with Gasteiger partial charge in [-0.2, -0.15) is 10.5 Å². The van der Waals surface area contributed by atoms with E-state index in [2.05, 4.69) is 91.7 Å². The van der Waals surface area contributed by atoms with Gasteiger partial charge in [0.2, 0.25) is 0 Å². The van der Waals surface area contributed by atoms with Crippen molar-refractivity contribution in [1.82, 2.24) is 4.57 Å². The van der Waals surface area contributed by atoms with Crippen molar-refractivity contribution < 1.29 is 0 Å². The van der Waals surface area contributed by atoms with Crippen LogP contribution in [0.15, 0.2) is 91.5 Å². The third kappa shape index (κ3) is 3.10. The molecule has 168 valence electrons. The van der Waals surface area contributed by atoms with E-state index in [4.69, 9.17) is 0 Å². The molecule has 3 heteroatoms. The Balaban J connectivity index is 0.000000806. The smallest absolute Gasteiger partial charge is 0.101 e. The highest BCUT2D eigenvalue weighted by Crippen LogP contribution is 2.53. The number of hydrogen-bond donors (Lipinski definition) is 0. The first-order valence-electron chi connectivity index (χ1n) is 11.7. The molecule has 0 unspecified atom stereocenters. The zero-order chi connectivity index (χ0) is 24.7. The molecule has 0 amide bonds. The van der Waals surface area contributed by atoms with Crippen LogP contribution in [0, 0.1) is 22.7 Å². The first-order valence-corrected chi connectivity index (χ1v) is 11.7. The summed E-state index contributed by atoms with van der Waals surface area (Å²) in [6.07, 6.45) is 1.75. The van der Waals surface area contributed by atoms with Crippen LogP contribution in [0.4, 0.5) is 0 Å². The lowest BCUT2D eigenvalue weighted by atomic mass is 9.82. The normalized spacial score (nSPS) is 12.7. The molecule has 0 aliphatic heterocycles. The van der Waals surface area contributed by atoms with Crippen LogP contribution in [0.25, 0.3) is 38.6 Å². The van der Waals surface area contributed by atoms with E-state index in [9.17, 15) is 10.5 Å². The molecular weight excluding hydrogens is 426 g/mol. The zero-order valence-corrected chi connectivity index (χ0v) is 20.1. The van der Waals surface area contributed by atoms with E-state index in [0.29, 0.717) is 16.8 Å². The Morgan fingerprint density at radius 1 is 0.771 bits per heavy atom. The Labute approximate surface area is 205 Å². The Morgan fingerprint density at radius 3 is 2.09 bits per heavy atom. The van der Waals surface area contributed by atoms with Crippen molar-refractivity contribution in [3.63, 3.8) is 0 Å².